The number of hydrogen-bond donors (Lipinski definition) is 0. The van der Waals surface area contributed by atoms with E-state index in [0.29, 0.717) is 24.0 Å². The zero-order valence-electron chi connectivity index (χ0n) is 18.6. The molecule has 0 aromatic heterocycles. The van der Waals surface area contributed by atoms with E-state index >= 15 is 0 Å². The van der Waals surface area contributed by atoms with Crippen LogP contribution < -0.4 is 4.74 Å². The molecular weight excluding hydrogens is 440 g/mol. The predicted molar refractivity (Wildman–Crippen MR) is 126 cm³/mol. The maximum absolute atomic E-state index is 14.3. The average Bonchev–Trinajstić information content (AvgIpc) is 2.84. The van der Waals surface area contributed by atoms with Gasteiger partial charge in [-0.3, -0.25) is 0 Å². The van der Waals surface area contributed by atoms with Gasteiger partial charge in [-0.15, -0.1) is 0 Å². The predicted octanol–water partition coefficient (Wildman–Crippen LogP) is 7.37. The van der Waals surface area contributed by atoms with E-state index in [1.165, 1.54) is 24.3 Å². The summed E-state index contributed by atoms with van der Waals surface area (Å²) < 4.78 is 61.2. The van der Waals surface area contributed by atoms with Gasteiger partial charge in [0, 0.05) is 34.2 Å². The molecule has 0 radical (unpaired) electrons. The highest BCUT2D eigenvalue weighted by molar-refractivity contribution is 5.84. The molecule has 4 aromatic rings. The topological polar surface area (TPSA) is 9.23 Å². The van der Waals surface area contributed by atoms with Crippen molar-refractivity contribution in [1.29, 1.82) is 0 Å². The van der Waals surface area contributed by atoms with Crippen molar-refractivity contribution in [3.63, 3.8) is 0 Å². The molecular formula is C29H22F4O. The van der Waals surface area contributed by atoms with Crippen molar-refractivity contribution < 1.29 is 22.3 Å². The van der Waals surface area contributed by atoms with Crippen LogP contribution in [0.1, 0.15) is 35.6 Å². The van der Waals surface area contributed by atoms with Gasteiger partial charge in [-0.2, -0.15) is 0 Å². The number of halogens is 4. The average molecular weight is 462 g/mol. The van der Waals surface area contributed by atoms with Crippen molar-refractivity contribution in [2.24, 2.45) is 0 Å². The molecule has 5 heteroatoms. The van der Waals surface area contributed by atoms with E-state index < -0.39 is 23.3 Å². The van der Waals surface area contributed by atoms with Gasteiger partial charge in [0.2, 0.25) is 0 Å². The maximum atomic E-state index is 14.3. The van der Waals surface area contributed by atoms with E-state index in [-0.39, 0.29) is 23.1 Å². The molecule has 0 saturated carbocycles. The molecule has 0 aliphatic heterocycles. The lowest BCUT2D eigenvalue weighted by Gasteiger charge is -2.09. The first-order chi connectivity index (χ1) is 16.4. The lowest BCUT2D eigenvalue weighted by molar-refractivity contribution is 0.313. The molecule has 0 unspecified atom stereocenters. The van der Waals surface area contributed by atoms with Crippen molar-refractivity contribution in [3.05, 3.63) is 112 Å². The highest BCUT2D eigenvalue weighted by Crippen LogP contribution is 2.23. The van der Waals surface area contributed by atoms with E-state index in [4.69, 9.17) is 4.74 Å². The largest absolute Gasteiger partial charge is 0.493 e. The number of hydrogen-bond acceptors (Lipinski definition) is 1. The minimum absolute atomic E-state index is 0.0420. The Bertz CT molecular complexity index is 1360. The Morgan fingerprint density at radius 3 is 2.09 bits per heavy atom. The molecule has 172 valence electrons. The smallest absolute Gasteiger partial charge is 0.166 e. The van der Waals surface area contributed by atoms with Gasteiger partial charge < -0.3 is 4.74 Å². The number of rotatable bonds is 6. The van der Waals surface area contributed by atoms with Crippen LogP contribution in [0.2, 0.25) is 0 Å². The summed E-state index contributed by atoms with van der Waals surface area (Å²) in [5.41, 5.74) is 2.42. The van der Waals surface area contributed by atoms with Gasteiger partial charge in [0.15, 0.2) is 11.6 Å². The third-order valence-corrected chi connectivity index (χ3v) is 5.46. The Morgan fingerprint density at radius 1 is 0.706 bits per heavy atom. The fraction of sp³-hybridized carbons (Fsp3) is 0.172. The lowest BCUT2D eigenvalue weighted by atomic mass is 10.0. The third kappa shape index (κ3) is 5.40. The summed E-state index contributed by atoms with van der Waals surface area (Å²) >= 11 is 0. The summed E-state index contributed by atoms with van der Waals surface area (Å²) in [7, 11) is 0. The fourth-order valence-corrected chi connectivity index (χ4v) is 3.63. The van der Waals surface area contributed by atoms with Crippen molar-refractivity contribution in [2.75, 3.05) is 6.61 Å². The van der Waals surface area contributed by atoms with Crippen LogP contribution >= 0.6 is 0 Å². The molecule has 0 atom stereocenters. The zero-order valence-corrected chi connectivity index (χ0v) is 18.6. The molecule has 0 amide bonds. The summed E-state index contributed by atoms with van der Waals surface area (Å²) in [4.78, 5) is 0. The Balaban J connectivity index is 1.42. The Morgan fingerprint density at radius 2 is 1.38 bits per heavy atom. The summed E-state index contributed by atoms with van der Waals surface area (Å²) in [6.07, 6.45) is 1.46. The SMILES string of the molecule is CCCOc1cc(F)c(CCc2ccc(C#Cc3ccc4c(F)c(F)ccc4c3)cc2)c(F)c1. The Kier molecular flexibility index (Phi) is 7.18. The minimum Gasteiger partial charge on any atom is -0.493 e. The van der Waals surface area contributed by atoms with Crippen molar-refractivity contribution in [1.82, 2.24) is 0 Å². The quantitative estimate of drug-likeness (QED) is 0.215. The maximum Gasteiger partial charge on any atom is 0.166 e. The number of benzene rings is 4. The summed E-state index contributed by atoms with van der Waals surface area (Å²) in [6.45, 7) is 2.33. The third-order valence-electron chi connectivity index (χ3n) is 5.46. The van der Waals surface area contributed by atoms with Gasteiger partial charge in [0.05, 0.1) is 6.61 Å². The van der Waals surface area contributed by atoms with Crippen molar-refractivity contribution >= 4 is 10.8 Å². The molecule has 0 N–H and O–H groups in total. The summed E-state index contributed by atoms with van der Waals surface area (Å²) in [5.74, 6) is 3.31. The van der Waals surface area contributed by atoms with Crippen LogP contribution in [0.3, 0.4) is 0 Å². The fourth-order valence-electron chi connectivity index (χ4n) is 3.63. The highest BCUT2D eigenvalue weighted by atomic mass is 19.2. The minimum atomic E-state index is -0.880. The zero-order chi connectivity index (χ0) is 24.1. The highest BCUT2D eigenvalue weighted by Gasteiger charge is 2.12. The van der Waals surface area contributed by atoms with Crippen LogP contribution in [0, 0.1) is 35.1 Å². The number of fused-ring (bicyclic) bond motifs is 1. The van der Waals surface area contributed by atoms with Crippen LogP contribution in [0.5, 0.6) is 5.75 Å². The number of aryl methyl sites for hydroxylation is 1. The molecule has 0 saturated heterocycles. The second-order valence-electron chi connectivity index (χ2n) is 7.96. The molecule has 0 fully saturated rings. The molecule has 4 rings (SSSR count). The first-order valence-electron chi connectivity index (χ1n) is 11.0. The normalized spacial score (nSPS) is 10.7. The summed E-state index contributed by atoms with van der Waals surface area (Å²) in [5, 5.41) is 0.788. The lowest BCUT2D eigenvalue weighted by Crippen LogP contribution is -2.02. The van der Waals surface area contributed by atoms with Crippen LogP contribution in [0.15, 0.2) is 66.7 Å². The second-order valence-corrected chi connectivity index (χ2v) is 7.96. The molecule has 0 aliphatic carbocycles. The first-order valence-corrected chi connectivity index (χ1v) is 11.0. The van der Waals surface area contributed by atoms with Crippen LogP contribution in [0.4, 0.5) is 17.6 Å². The molecule has 0 aliphatic rings. The van der Waals surface area contributed by atoms with E-state index in [1.54, 1.807) is 12.1 Å². The molecule has 1 nitrogen and oxygen atoms in total. The Labute approximate surface area is 196 Å². The van der Waals surface area contributed by atoms with E-state index in [1.807, 2.05) is 31.2 Å². The Hall–Kier alpha value is -3.78. The van der Waals surface area contributed by atoms with Gasteiger partial charge >= 0.3 is 0 Å². The van der Waals surface area contributed by atoms with Gasteiger partial charge in [-0.25, -0.2) is 17.6 Å². The molecule has 34 heavy (non-hydrogen) atoms. The van der Waals surface area contributed by atoms with Crippen molar-refractivity contribution in [3.8, 4) is 17.6 Å². The van der Waals surface area contributed by atoms with E-state index in [2.05, 4.69) is 11.8 Å². The first kappa shape index (κ1) is 23.4. The summed E-state index contributed by atoms with van der Waals surface area (Å²) in [6, 6.07) is 17.4. The molecule has 4 aromatic carbocycles. The molecule has 0 bridgehead atoms. The van der Waals surface area contributed by atoms with Crippen molar-refractivity contribution in [2.45, 2.75) is 26.2 Å². The van der Waals surface area contributed by atoms with Gasteiger partial charge in [-0.1, -0.05) is 43.0 Å². The van der Waals surface area contributed by atoms with Gasteiger partial charge in [0.25, 0.3) is 0 Å². The van der Waals surface area contributed by atoms with E-state index in [9.17, 15) is 17.6 Å². The monoisotopic (exact) mass is 462 g/mol. The number of ether oxygens (including phenoxy) is 1. The molecule has 0 spiro atoms. The second kappa shape index (κ2) is 10.4. The van der Waals surface area contributed by atoms with Gasteiger partial charge in [-0.05, 0) is 60.5 Å². The van der Waals surface area contributed by atoms with Crippen LogP contribution in [0.25, 0.3) is 10.8 Å². The standard InChI is InChI=1S/C29H22F4O/c1-2-15-34-23-17-27(31)25(28(32)18-23)13-9-20-5-3-19(4-6-20)7-8-21-10-12-24-22(16-21)11-14-26(30)29(24)33/h3-6,10-12,14,16-18H,2,9,13,15H2,1H3. The van der Waals surface area contributed by atoms with E-state index in [0.717, 1.165) is 23.6 Å². The molecule has 0 heterocycles. The van der Waals surface area contributed by atoms with Crippen LogP contribution in [-0.2, 0) is 12.8 Å². The van der Waals surface area contributed by atoms with Gasteiger partial charge in [0.1, 0.15) is 17.4 Å². The van der Waals surface area contributed by atoms with Crippen LogP contribution in [-0.4, -0.2) is 6.61 Å².